The number of hydrogen-bond acceptors (Lipinski definition) is 12. The van der Waals surface area contributed by atoms with Gasteiger partial charge in [0.1, 0.15) is 17.5 Å². The van der Waals surface area contributed by atoms with E-state index in [1.165, 1.54) is 31.9 Å². The van der Waals surface area contributed by atoms with Gasteiger partial charge in [0.25, 0.3) is 5.54 Å². The third kappa shape index (κ3) is 8.99. The molecule has 5 amide bonds. The number of carbonyl (C=O) groups excluding carboxylic acids is 5. The topological polar surface area (TPSA) is 175 Å². The normalized spacial score (nSPS) is 24.4. The Morgan fingerprint density at radius 2 is 1.90 bits per heavy atom. The van der Waals surface area contributed by atoms with Gasteiger partial charge >= 0.3 is 23.8 Å². The molecule has 17 nitrogen and oxygen atoms in total. The monoisotopic (exact) mass is 990 g/mol. The number of amides is 5. The molecule has 0 saturated carbocycles. The Hall–Kier alpha value is -5.82. The zero-order chi connectivity index (χ0) is 50.6. The van der Waals surface area contributed by atoms with Gasteiger partial charge in [-0.2, -0.15) is 10.1 Å². The number of ether oxygens (including phenoxy) is 2. The number of thiazole rings is 1. The fourth-order valence-electron chi connectivity index (χ4n) is 11.8. The molecular weight excluding hydrogens is 921 g/mol. The van der Waals surface area contributed by atoms with E-state index in [-0.39, 0.29) is 61.8 Å². The van der Waals surface area contributed by atoms with Crippen molar-refractivity contribution in [3.63, 3.8) is 0 Å². The van der Waals surface area contributed by atoms with E-state index >= 15 is 9.59 Å². The van der Waals surface area contributed by atoms with E-state index in [4.69, 9.17) is 19.4 Å². The maximum Gasteiger partial charge on any atom is 0.410 e. The van der Waals surface area contributed by atoms with Crippen molar-refractivity contribution in [1.29, 1.82) is 0 Å². The van der Waals surface area contributed by atoms with Gasteiger partial charge < -0.3 is 28.7 Å². The van der Waals surface area contributed by atoms with Crippen LogP contribution in [0.15, 0.2) is 54.6 Å². The van der Waals surface area contributed by atoms with E-state index < -0.39 is 34.5 Å². The Morgan fingerprint density at radius 1 is 1.10 bits per heavy atom. The number of pyridine rings is 1. The number of carbonyl (C=O) groups is 5. The van der Waals surface area contributed by atoms with E-state index in [0.29, 0.717) is 56.9 Å². The van der Waals surface area contributed by atoms with Gasteiger partial charge in [-0.1, -0.05) is 40.3 Å². The first-order valence-electron chi connectivity index (χ1n) is 25.2. The first-order chi connectivity index (χ1) is 34.0. The molecule has 3 saturated heterocycles. The van der Waals surface area contributed by atoms with E-state index in [1.807, 2.05) is 37.1 Å². The number of benzene rings is 1. The van der Waals surface area contributed by atoms with Gasteiger partial charge in [0.2, 0.25) is 5.91 Å². The van der Waals surface area contributed by atoms with E-state index in [0.717, 1.165) is 57.5 Å². The lowest BCUT2D eigenvalue weighted by atomic mass is 9.82. The smallest absolute Gasteiger partial charge is 0.410 e. The summed E-state index contributed by atoms with van der Waals surface area (Å²) in [6, 6.07) is 8.49. The highest BCUT2D eigenvalue weighted by molar-refractivity contribution is 7.10. The van der Waals surface area contributed by atoms with Crippen LogP contribution in [0.4, 0.5) is 4.79 Å². The minimum atomic E-state index is -1.40. The lowest BCUT2D eigenvalue weighted by Crippen LogP contribution is -2.70. The van der Waals surface area contributed by atoms with Crippen LogP contribution in [0.1, 0.15) is 102 Å². The quantitative estimate of drug-likeness (QED) is 0.115. The molecule has 378 valence electrons. The Morgan fingerprint density at radius 3 is 2.62 bits per heavy atom. The number of esters is 1. The molecule has 0 radical (unpaired) electrons. The summed E-state index contributed by atoms with van der Waals surface area (Å²) in [5.74, 6) is -1.61. The van der Waals surface area contributed by atoms with Gasteiger partial charge in [-0.3, -0.25) is 24.4 Å². The molecule has 5 aliphatic rings. The third-order valence-electron chi connectivity index (χ3n) is 15.6. The summed E-state index contributed by atoms with van der Waals surface area (Å²) in [6.45, 7) is 18.4. The average Bonchev–Trinajstić information content (AvgIpc) is 4.13. The number of cyclic esters (lactones) is 1. The third-order valence-corrected chi connectivity index (χ3v) is 16.4. The highest BCUT2D eigenvalue weighted by Crippen LogP contribution is 2.43. The number of likely N-dealkylation sites (N-methyl/N-ethyl adjacent to an activating group) is 1. The first-order valence-corrected chi connectivity index (χ1v) is 26.0. The summed E-state index contributed by atoms with van der Waals surface area (Å²) in [5.41, 5.74) is 10.4. The Balaban J connectivity index is 1.09. The van der Waals surface area contributed by atoms with E-state index in [9.17, 15) is 14.4 Å². The van der Waals surface area contributed by atoms with Crippen molar-refractivity contribution in [2.24, 2.45) is 11.3 Å². The second-order valence-electron chi connectivity index (χ2n) is 21.2. The molecule has 71 heavy (non-hydrogen) atoms. The number of fused-ring (bicyclic) bond motifs is 7. The molecule has 4 aromatic rings. The van der Waals surface area contributed by atoms with Crippen molar-refractivity contribution in [2.75, 3.05) is 46.9 Å². The molecular formula is C53H69N10O7S+. The molecule has 1 aromatic carbocycles. The molecule has 3 aromatic heterocycles. The van der Waals surface area contributed by atoms with Crippen LogP contribution in [0.5, 0.6) is 0 Å². The molecule has 5 aliphatic heterocycles. The van der Waals surface area contributed by atoms with Gasteiger partial charge in [-0.05, 0) is 94.2 Å². The van der Waals surface area contributed by atoms with Gasteiger partial charge in [0, 0.05) is 85.9 Å². The molecule has 0 aliphatic carbocycles. The predicted molar refractivity (Wildman–Crippen MR) is 271 cm³/mol. The summed E-state index contributed by atoms with van der Waals surface area (Å²) < 4.78 is 15.8. The van der Waals surface area contributed by atoms with E-state index in [1.54, 1.807) is 31.5 Å². The van der Waals surface area contributed by atoms with Crippen LogP contribution in [0, 0.1) is 11.3 Å². The largest absolute Gasteiger partial charge is 0.464 e. The molecule has 2 N–H and O–H groups in total. The van der Waals surface area contributed by atoms with Crippen LogP contribution in [0.3, 0.4) is 0 Å². The van der Waals surface area contributed by atoms with E-state index in [2.05, 4.69) is 67.1 Å². The maximum absolute atomic E-state index is 15.3. The number of urea groups is 1. The minimum absolute atomic E-state index is 0.117. The molecule has 18 heteroatoms. The predicted octanol–water partition coefficient (Wildman–Crippen LogP) is 6.30. The minimum Gasteiger partial charge on any atom is -0.464 e. The van der Waals surface area contributed by atoms with Crippen LogP contribution >= 0.6 is 11.3 Å². The number of methoxy groups -OCH3 is 1. The molecule has 9 rings (SSSR count). The second-order valence-corrected chi connectivity index (χ2v) is 22.1. The second kappa shape index (κ2) is 19.7. The number of likely N-dealkylation sites (tertiary alicyclic amines) is 2. The van der Waals surface area contributed by atoms with Gasteiger partial charge in [0.15, 0.2) is 12.3 Å². The van der Waals surface area contributed by atoms with Crippen molar-refractivity contribution in [3.8, 4) is 22.5 Å². The number of nitrogens with zero attached hydrogens (tertiary/aromatic N) is 8. The Labute approximate surface area is 420 Å². The lowest BCUT2D eigenvalue weighted by Gasteiger charge is -2.39. The Bertz CT molecular complexity index is 2800. The molecule has 2 spiro atoms. The number of aromatic nitrogens is 3. The number of hydrazine groups is 2. The molecule has 3 fully saturated rings. The van der Waals surface area contributed by atoms with Crippen LogP contribution < -0.4 is 11.0 Å². The zero-order valence-electron chi connectivity index (χ0n) is 42.5. The molecule has 6 bridgehead atoms. The van der Waals surface area contributed by atoms with Crippen molar-refractivity contribution < 1.29 is 38.0 Å². The van der Waals surface area contributed by atoms with Crippen LogP contribution in [0.25, 0.3) is 33.4 Å². The SMILES string of the molecule is C=CC(=O)N1CCC[C@]12CCN(C(=O)N(C)[C@H](C(=O)[N+]1=CCC13Cc1nc(cs1)-c1ccc4c(c1)c(c(-c1cccnc1[C@H](C)OC)n4CC)CC(C)(C)COC(=O)[C@@H]1CCCN(NN1)C3=O)C(C)C)C2. The molecule has 1 unspecified atom stereocenters. The molecule has 8 heterocycles. The van der Waals surface area contributed by atoms with Crippen molar-refractivity contribution in [1.82, 2.24) is 45.2 Å². The summed E-state index contributed by atoms with van der Waals surface area (Å²) >= 11 is 1.44. The number of nitrogens with one attached hydrogen (secondary N) is 2. The number of rotatable bonds is 8. The first kappa shape index (κ1) is 50.1. The van der Waals surface area contributed by atoms with Gasteiger partial charge in [-0.25, -0.2) is 20.0 Å². The zero-order valence-corrected chi connectivity index (χ0v) is 43.3. The van der Waals surface area contributed by atoms with Crippen molar-refractivity contribution in [2.45, 2.75) is 129 Å². The van der Waals surface area contributed by atoms with Crippen LogP contribution in [0.2, 0.25) is 0 Å². The number of hydrogen-bond donors (Lipinski definition) is 2. The van der Waals surface area contributed by atoms with Crippen LogP contribution in [-0.4, -0.2) is 145 Å². The molecule has 5 atom stereocenters. The van der Waals surface area contributed by atoms with Gasteiger partial charge in [0.05, 0.1) is 41.8 Å². The standard InChI is InChI=1S/C53H69N10O7S/c1-10-43(64)61-23-14-19-52(61)20-25-59(31-52)50(68)58(8)45(33(3)4)47(65)62-26-21-53(62)29-42-55-40(30-71-42)35-17-18-41-37(27-35)38(46(60(41)11-2)36-15-12-22-54-44(36)34(5)69-9)28-51(6,7)32-70-48(66)39-16-13-24-63(49(53)67)57-56-39/h10,12,15,17-18,22,26-27,30,33-34,39,45,56-57H,1,11,13-14,16,19-21,23-25,28-29,31-32H2,2-9H3/q+1/t34-,39-,45-,52+,53?/m0/s1. The highest BCUT2D eigenvalue weighted by atomic mass is 32.1. The van der Waals surface area contributed by atoms with Crippen molar-refractivity contribution >= 4 is 58.2 Å². The fourth-order valence-corrected chi connectivity index (χ4v) is 12.7. The summed E-state index contributed by atoms with van der Waals surface area (Å²) in [7, 11) is 3.34. The average molecular weight is 990 g/mol. The lowest BCUT2D eigenvalue weighted by molar-refractivity contribution is -0.543. The van der Waals surface area contributed by atoms with Crippen molar-refractivity contribution in [3.05, 3.63) is 70.8 Å². The number of aryl methyl sites for hydroxylation is 1. The summed E-state index contributed by atoms with van der Waals surface area (Å²) in [4.78, 5) is 87.0. The summed E-state index contributed by atoms with van der Waals surface area (Å²) in [6.07, 6.45) is 8.74. The van der Waals surface area contributed by atoms with Crippen LogP contribution in [-0.2, 0) is 48.0 Å². The highest BCUT2D eigenvalue weighted by Gasteiger charge is 2.62. The Kier molecular flexibility index (Phi) is 13.9. The van der Waals surface area contributed by atoms with Gasteiger partial charge in [-0.15, -0.1) is 11.3 Å². The maximum atomic E-state index is 15.3. The summed E-state index contributed by atoms with van der Waals surface area (Å²) in [5, 5.41) is 5.20. The fraction of sp³-hybridized carbons (Fsp3) is 0.547.